The van der Waals surface area contributed by atoms with Crippen LogP contribution in [0.4, 0.5) is 5.13 Å². The third kappa shape index (κ3) is 2.80. The molecule has 1 aliphatic heterocycles. The van der Waals surface area contributed by atoms with Gasteiger partial charge in [-0.25, -0.2) is 9.78 Å². The van der Waals surface area contributed by atoms with Crippen molar-refractivity contribution in [2.45, 2.75) is 26.2 Å². The molecule has 1 fully saturated rings. The molecule has 4 nitrogen and oxygen atoms in total. The SMILES string of the molecule is CC(C)(C)c1nc(N2CCSCC2)sc1C(=O)O. The lowest BCUT2D eigenvalue weighted by Crippen LogP contribution is -2.32. The highest BCUT2D eigenvalue weighted by molar-refractivity contribution is 7.99. The summed E-state index contributed by atoms with van der Waals surface area (Å²) in [7, 11) is 0. The van der Waals surface area contributed by atoms with Crippen molar-refractivity contribution in [3.05, 3.63) is 10.6 Å². The third-order valence-electron chi connectivity index (χ3n) is 2.80. The summed E-state index contributed by atoms with van der Waals surface area (Å²) in [6.45, 7) is 7.93. The van der Waals surface area contributed by atoms with E-state index in [1.807, 2.05) is 32.5 Å². The summed E-state index contributed by atoms with van der Waals surface area (Å²) in [5, 5.41) is 10.1. The van der Waals surface area contributed by atoms with Crippen molar-refractivity contribution in [2.24, 2.45) is 0 Å². The molecule has 0 spiro atoms. The highest BCUT2D eigenvalue weighted by Crippen LogP contribution is 2.34. The molecule has 0 amide bonds. The van der Waals surface area contributed by atoms with Crippen LogP contribution in [0.15, 0.2) is 0 Å². The van der Waals surface area contributed by atoms with Gasteiger partial charge >= 0.3 is 5.97 Å². The number of thioether (sulfide) groups is 1. The van der Waals surface area contributed by atoms with E-state index in [9.17, 15) is 9.90 Å². The number of carboxylic acid groups (broad SMARTS) is 1. The summed E-state index contributed by atoms with van der Waals surface area (Å²) >= 11 is 3.24. The molecule has 0 unspecified atom stereocenters. The van der Waals surface area contributed by atoms with Gasteiger partial charge in [-0.3, -0.25) is 0 Å². The van der Waals surface area contributed by atoms with E-state index in [1.54, 1.807) is 0 Å². The smallest absolute Gasteiger partial charge is 0.347 e. The number of anilines is 1. The summed E-state index contributed by atoms with van der Waals surface area (Å²) in [4.78, 5) is 18.5. The van der Waals surface area contributed by atoms with Crippen LogP contribution >= 0.6 is 23.1 Å². The number of aromatic nitrogens is 1. The summed E-state index contributed by atoms with van der Waals surface area (Å²) in [6.07, 6.45) is 0. The average Bonchev–Trinajstić information content (AvgIpc) is 2.74. The Morgan fingerprint density at radius 2 is 1.94 bits per heavy atom. The lowest BCUT2D eigenvalue weighted by atomic mass is 9.91. The molecule has 0 atom stereocenters. The third-order valence-corrected chi connectivity index (χ3v) is 4.85. The average molecular weight is 286 g/mol. The van der Waals surface area contributed by atoms with E-state index in [0.717, 1.165) is 29.7 Å². The van der Waals surface area contributed by atoms with E-state index in [1.165, 1.54) is 11.3 Å². The zero-order valence-corrected chi connectivity index (χ0v) is 12.5. The van der Waals surface area contributed by atoms with Gasteiger partial charge in [-0.15, -0.1) is 0 Å². The van der Waals surface area contributed by atoms with Crippen LogP contribution in [0, 0.1) is 0 Å². The van der Waals surface area contributed by atoms with Crippen molar-refractivity contribution in [1.29, 1.82) is 0 Å². The van der Waals surface area contributed by atoms with Crippen LogP contribution in [0.5, 0.6) is 0 Å². The van der Waals surface area contributed by atoms with Crippen LogP contribution < -0.4 is 4.90 Å². The second-order valence-corrected chi connectivity index (χ2v) is 7.53. The van der Waals surface area contributed by atoms with Gasteiger partial charge in [0.1, 0.15) is 4.88 Å². The van der Waals surface area contributed by atoms with Crippen molar-refractivity contribution < 1.29 is 9.90 Å². The van der Waals surface area contributed by atoms with E-state index >= 15 is 0 Å². The first kappa shape index (κ1) is 13.7. The zero-order chi connectivity index (χ0) is 13.3. The number of carbonyl (C=O) groups is 1. The molecule has 1 saturated heterocycles. The van der Waals surface area contributed by atoms with E-state index in [0.29, 0.717) is 10.6 Å². The van der Waals surface area contributed by atoms with Gasteiger partial charge in [-0.05, 0) is 0 Å². The maximum Gasteiger partial charge on any atom is 0.347 e. The molecule has 2 rings (SSSR count). The van der Waals surface area contributed by atoms with Gasteiger partial charge in [-0.2, -0.15) is 11.8 Å². The van der Waals surface area contributed by atoms with Gasteiger partial charge in [0, 0.05) is 30.0 Å². The quantitative estimate of drug-likeness (QED) is 0.906. The van der Waals surface area contributed by atoms with E-state index in [2.05, 4.69) is 9.88 Å². The molecule has 1 aromatic rings. The topological polar surface area (TPSA) is 53.4 Å². The van der Waals surface area contributed by atoms with Crippen molar-refractivity contribution in [3.63, 3.8) is 0 Å². The van der Waals surface area contributed by atoms with Gasteiger partial charge in [0.15, 0.2) is 5.13 Å². The summed E-state index contributed by atoms with van der Waals surface area (Å²) in [5.74, 6) is 1.31. The molecular weight excluding hydrogens is 268 g/mol. The summed E-state index contributed by atoms with van der Waals surface area (Å²) in [5.41, 5.74) is 0.473. The molecule has 100 valence electrons. The molecule has 1 aromatic heterocycles. The van der Waals surface area contributed by atoms with Crippen LogP contribution in [0.2, 0.25) is 0 Å². The second kappa shape index (κ2) is 5.09. The number of hydrogen-bond donors (Lipinski definition) is 1. The number of rotatable bonds is 2. The Balaban J connectivity index is 2.35. The largest absolute Gasteiger partial charge is 0.477 e. The van der Waals surface area contributed by atoms with Crippen LogP contribution in [0.1, 0.15) is 36.1 Å². The summed E-state index contributed by atoms with van der Waals surface area (Å²) < 4.78 is 0. The zero-order valence-electron chi connectivity index (χ0n) is 10.9. The summed E-state index contributed by atoms with van der Waals surface area (Å²) in [6, 6.07) is 0. The minimum absolute atomic E-state index is 0.229. The molecule has 0 radical (unpaired) electrons. The van der Waals surface area contributed by atoms with E-state index in [-0.39, 0.29) is 5.41 Å². The van der Waals surface area contributed by atoms with Crippen molar-refractivity contribution in [1.82, 2.24) is 4.98 Å². The molecule has 0 bridgehead atoms. The number of thiazole rings is 1. The predicted molar refractivity (Wildman–Crippen MR) is 77.3 cm³/mol. The first-order valence-electron chi connectivity index (χ1n) is 5.97. The minimum Gasteiger partial charge on any atom is -0.477 e. The van der Waals surface area contributed by atoms with Crippen LogP contribution in [-0.4, -0.2) is 40.7 Å². The Kier molecular flexibility index (Phi) is 3.87. The van der Waals surface area contributed by atoms with Crippen LogP contribution in [0.25, 0.3) is 0 Å². The Morgan fingerprint density at radius 3 is 2.39 bits per heavy atom. The fourth-order valence-electron chi connectivity index (χ4n) is 1.85. The number of carboxylic acids is 1. The molecule has 2 heterocycles. The van der Waals surface area contributed by atoms with Crippen molar-refractivity contribution in [2.75, 3.05) is 29.5 Å². The lowest BCUT2D eigenvalue weighted by Gasteiger charge is -2.25. The number of aromatic carboxylic acids is 1. The number of nitrogens with zero attached hydrogens (tertiary/aromatic N) is 2. The molecule has 6 heteroatoms. The molecule has 1 aliphatic rings. The Bertz CT molecular complexity index is 445. The fourth-order valence-corrected chi connectivity index (χ4v) is 3.92. The van der Waals surface area contributed by atoms with Crippen molar-refractivity contribution >= 4 is 34.2 Å². The number of hydrogen-bond acceptors (Lipinski definition) is 5. The van der Waals surface area contributed by atoms with Crippen LogP contribution in [0.3, 0.4) is 0 Å². The first-order valence-corrected chi connectivity index (χ1v) is 7.94. The normalized spacial score (nSPS) is 16.9. The Hall–Kier alpha value is -0.750. The minimum atomic E-state index is -0.866. The molecule has 0 aromatic carbocycles. The maximum absolute atomic E-state index is 11.3. The Morgan fingerprint density at radius 1 is 1.33 bits per heavy atom. The van der Waals surface area contributed by atoms with Crippen LogP contribution in [-0.2, 0) is 5.41 Å². The monoisotopic (exact) mass is 286 g/mol. The fraction of sp³-hybridized carbons (Fsp3) is 0.667. The van der Waals surface area contributed by atoms with Gasteiger partial charge in [0.05, 0.1) is 5.69 Å². The molecule has 0 aliphatic carbocycles. The van der Waals surface area contributed by atoms with Gasteiger partial charge in [-0.1, -0.05) is 32.1 Å². The van der Waals surface area contributed by atoms with Gasteiger partial charge in [0.25, 0.3) is 0 Å². The van der Waals surface area contributed by atoms with Gasteiger partial charge in [0.2, 0.25) is 0 Å². The molecule has 1 N–H and O–H groups in total. The second-order valence-electron chi connectivity index (χ2n) is 5.33. The highest BCUT2D eigenvalue weighted by Gasteiger charge is 2.28. The highest BCUT2D eigenvalue weighted by atomic mass is 32.2. The van der Waals surface area contributed by atoms with E-state index < -0.39 is 5.97 Å². The molecule has 18 heavy (non-hydrogen) atoms. The molecule has 0 saturated carbocycles. The van der Waals surface area contributed by atoms with E-state index in [4.69, 9.17) is 0 Å². The van der Waals surface area contributed by atoms with Crippen molar-refractivity contribution in [3.8, 4) is 0 Å². The molecular formula is C12H18N2O2S2. The standard InChI is InChI=1S/C12H18N2O2S2/c1-12(2,3)9-8(10(15)16)18-11(13-9)14-4-6-17-7-5-14/h4-7H2,1-3H3,(H,15,16). The maximum atomic E-state index is 11.3. The Labute approximate surface area is 115 Å². The first-order chi connectivity index (χ1) is 8.39. The predicted octanol–water partition coefficient (Wildman–Crippen LogP) is 2.69. The van der Waals surface area contributed by atoms with Gasteiger partial charge < -0.3 is 10.0 Å². The lowest BCUT2D eigenvalue weighted by molar-refractivity contribution is 0.0699.